The van der Waals surface area contributed by atoms with E-state index in [2.05, 4.69) is 5.32 Å². The van der Waals surface area contributed by atoms with E-state index in [0.29, 0.717) is 23.5 Å². The molecule has 1 heterocycles. The minimum Gasteiger partial charge on any atom is -0.482 e. The summed E-state index contributed by atoms with van der Waals surface area (Å²) >= 11 is 0. The van der Waals surface area contributed by atoms with E-state index in [1.807, 2.05) is 6.07 Å². The standard InChI is InChI=1S/C17H15FN2O3/c1-20-14-8-11(2-7-15(14)23-10-16(20)21)9-19-17(22)12-3-5-13(18)6-4-12/h2-8H,9-10H2,1H3,(H,19,22). The molecule has 2 aromatic carbocycles. The first-order chi connectivity index (χ1) is 11.0. The van der Waals surface area contributed by atoms with Crippen molar-refractivity contribution >= 4 is 17.5 Å². The Labute approximate surface area is 132 Å². The molecule has 2 amide bonds. The van der Waals surface area contributed by atoms with Gasteiger partial charge < -0.3 is 15.0 Å². The van der Waals surface area contributed by atoms with Crippen molar-refractivity contribution in [2.24, 2.45) is 0 Å². The summed E-state index contributed by atoms with van der Waals surface area (Å²) in [6.45, 7) is 0.329. The average Bonchev–Trinajstić information content (AvgIpc) is 2.57. The quantitative estimate of drug-likeness (QED) is 0.944. The van der Waals surface area contributed by atoms with Crippen LogP contribution in [0.15, 0.2) is 42.5 Å². The minimum atomic E-state index is -0.385. The first-order valence-electron chi connectivity index (χ1n) is 7.10. The molecule has 3 rings (SSSR count). The highest BCUT2D eigenvalue weighted by Gasteiger charge is 2.22. The summed E-state index contributed by atoms with van der Waals surface area (Å²) in [5, 5.41) is 2.76. The highest BCUT2D eigenvalue weighted by Crippen LogP contribution is 2.31. The Bertz CT molecular complexity index is 759. The Morgan fingerprint density at radius 3 is 2.74 bits per heavy atom. The Morgan fingerprint density at radius 1 is 1.26 bits per heavy atom. The van der Waals surface area contributed by atoms with Crippen LogP contribution in [0.1, 0.15) is 15.9 Å². The average molecular weight is 314 g/mol. The van der Waals surface area contributed by atoms with Crippen molar-refractivity contribution in [1.82, 2.24) is 5.32 Å². The lowest BCUT2D eigenvalue weighted by Gasteiger charge is -2.26. The van der Waals surface area contributed by atoms with Gasteiger partial charge in [-0.05, 0) is 42.0 Å². The molecule has 0 atom stereocenters. The van der Waals surface area contributed by atoms with Crippen LogP contribution in [0.2, 0.25) is 0 Å². The highest BCUT2D eigenvalue weighted by molar-refractivity contribution is 5.97. The first kappa shape index (κ1) is 15.0. The van der Waals surface area contributed by atoms with Crippen molar-refractivity contribution in [1.29, 1.82) is 0 Å². The number of fused-ring (bicyclic) bond motifs is 1. The third kappa shape index (κ3) is 3.15. The molecule has 0 saturated carbocycles. The monoisotopic (exact) mass is 314 g/mol. The molecule has 1 aliphatic rings. The third-order valence-electron chi connectivity index (χ3n) is 3.67. The van der Waals surface area contributed by atoms with Gasteiger partial charge in [0.05, 0.1) is 5.69 Å². The lowest BCUT2D eigenvalue weighted by Crippen LogP contribution is -2.35. The van der Waals surface area contributed by atoms with Gasteiger partial charge in [-0.2, -0.15) is 0 Å². The van der Waals surface area contributed by atoms with Gasteiger partial charge in [0, 0.05) is 19.2 Å². The molecule has 1 aliphatic heterocycles. The fraction of sp³-hybridized carbons (Fsp3) is 0.176. The van der Waals surface area contributed by atoms with E-state index < -0.39 is 0 Å². The second kappa shape index (κ2) is 6.08. The van der Waals surface area contributed by atoms with E-state index in [4.69, 9.17) is 4.74 Å². The summed E-state index contributed by atoms with van der Waals surface area (Å²) in [5.74, 6) is -0.155. The molecular formula is C17H15FN2O3. The number of likely N-dealkylation sites (N-methyl/N-ethyl adjacent to an activating group) is 1. The maximum absolute atomic E-state index is 12.9. The summed E-state index contributed by atoms with van der Waals surface area (Å²) in [4.78, 5) is 25.2. The number of carbonyl (C=O) groups is 2. The molecular weight excluding hydrogens is 299 g/mol. The third-order valence-corrected chi connectivity index (χ3v) is 3.67. The minimum absolute atomic E-state index is 0.0319. The molecule has 6 heteroatoms. The number of amides is 2. The van der Waals surface area contributed by atoms with Gasteiger partial charge in [0.25, 0.3) is 11.8 Å². The lowest BCUT2D eigenvalue weighted by molar-refractivity contribution is -0.120. The topological polar surface area (TPSA) is 58.6 Å². The molecule has 0 aliphatic carbocycles. The SMILES string of the molecule is CN1C(=O)COc2ccc(CNC(=O)c3ccc(F)cc3)cc21. The number of carbonyl (C=O) groups excluding carboxylic acids is 2. The molecule has 0 unspecified atom stereocenters. The molecule has 118 valence electrons. The molecule has 5 nitrogen and oxygen atoms in total. The van der Waals surface area contributed by atoms with Crippen molar-refractivity contribution in [3.8, 4) is 5.75 Å². The number of hydrogen-bond donors (Lipinski definition) is 1. The van der Waals surface area contributed by atoms with E-state index in [0.717, 1.165) is 5.56 Å². The summed E-state index contributed by atoms with van der Waals surface area (Å²) in [6.07, 6.45) is 0. The predicted molar refractivity (Wildman–Crippen MR) is 82.9 cm³/mol. The highest BCUT2D eigenvalue weighted by atomic mass is 19.1. The first-order valence-corrected chi connectivity index (χ1v) is 7.10. The maximum Gasteiger partial charge on any atom is 0.264 e. The van der Waals surface area contributed by atoms with Crippen LogP contribution in [0.3, 0.4) is 0 Å². The van der Waals surface area contributed by atoms with Crippen LogP contribution in [0.4, 0.5) is 10.1 Å². The van der Waals surface area contributed by atoms with E-state index in [-0.39, 0.29) is 24.2 Å². The number of anilines is 1. The van der Waals surface area contributed by atoms with Gasteiger partial charge >= 0.3 is 0 Å². The van der Waals surface area contributed by atoms with Gasteiger partial charge in [0.2, 0.25) is 0 Å². The molecule has 0 bridgehead atoms. The van der Waals surface area contributed by atoms with Crippen molar-refractivity contribution in [3.05, 3.63) is 59.4 Å². The zero-order valence-corrected chi connectivity index (χ0v) is 12.5. The predicted octanol–water partition coefficient (Wildman–Crippen LogP) is 2.11. The van der Waals surface area contributed by atoms with Crippen LogP contribution in [-0.2, 0) is 11.3 Å². The molecule has 0 saturated heterocycles. The fourth-order valence-corrected chi connectivity index (χ4v) is 2.31. The number of hydrogen-bond acceptors (Lipinski definition) is 3. The van der Waals surface area contributed by atoms with Crippen LogP contribution >= 0.6 is 0 Å². The summed E-state index contributed by atoms with van der Waals surface area (Å²) in [6, 6.07) is 10.7. The Kier molecular flexibility index (Phi) is 3.97. The molecule has 0 radical (unpaired) electrons. The van der Waals surface area contributed by atoms with Crippen LogP contribution in [-0.4, -0.2) is 25.5 Å². The second-order valence-corrected chi connectivity index (χ2v) is 5.23. The molecule has 0 spiro atoms. The number of ether oxygens (including phenoxy) is 1. The van der Waals surface area contributed by atoms with Gasteiger partial charge in [0.15, 0.2) is 6.61 Å². The van der Waals surface area contributed by atoms with Crippen LogP contribution < -0.4 is 15.0 Å². The van der Waals surface area contributed by atoms with Gasteiger partial charge in [0.1, 0.15) is 11.6 Å². The van der Waals surface area contributed by atoms with Gasteiger partial charge in [-0.1, -0.05) is 6.07 Å². The fourth-order valence-electron chi connectivity index (χ4n) is 2.31. The van der Waals surface area contributed by atoms with Gasteiger partial charge in [-0.15, -0.1) is 0 Å². The van der Waals surface area contributed by atoms with E-state index in [1.165, 1.54) is 29.2 Å². The van der Waals surface area contributed by atoms with Crippen molar-refractivity contribution in [2.75, 3.05) is 18.6 Å². The van der Waals surface area contributed by atoms with Gasteiger partial charge in [-0.25, -0.2) is 4.39 Å². The smallest absolute Gasteiger partial charge is 0.264 e. The van der Waals surface area contributed by atoms with E-state index in [9.17, 15) is 14.0 Å². The van der Waals surface area contributed by atoms with Crippen molar-refractivity contribution in [2.45, 2.75) is 6.54 Å². The summed E-state index contributed by atoms with van der Waals surface area (Å²) in [5.41, 5.74) is 1.90. The summed E-state index contributed by atoms with van der Waals surface area (Å²) < 4.78 is 18.2. The molecule has 0 aromatic heterocycles. The summed E-state index contributed by atoms with van der Waals surface area (Å²) in [7, 11) is 1.69. The zero-order chi connectivity index (χ0) is 16.4. The van der Waals surface area contributed by atoms with E-state index in [1.54, 1.807) is 19.2 Å². The Morgan fingerprint density at radius 2 is 2.00 bits per heavy atom. The zero-order valence-electron chi connectivity index (χ0n) is 12.5. The van der Waals surface area contributed by atoms with Crippen LogP contribution in [0, 0.1) is 5.82 Å². The Hall–Kier alpha value is -2.89. The van der Waals surface area contributed by atoms with Crippen molar-refractivity contribution in [3.63, 3.8) is 0 Å². The number of benzene rings is 2. The number of halogens is 1. The molecule has 1 N–H and O–H groups in total. The molecule has 2 aromatic rings. The molecule has 0 fully saturated rings. The van der Waals surface area contributed by atoms with Gasteiger partial charge in [-0.3, -0.25) is 9.59 Å². The number of rotatable bonds is 3. The van der Waals surface area contributed by atoms with Crippen LogP contribution in [0.25, 0.3) is 0 Å². The largest absolute Gasteiger partial charge is 0.482 e. The van der Waals surface area contributed by atoms with Crippen molar-refractivity contribution < 1.29 is 18.7 Å². The normalized spacial score (nSPS) is 13.3. The maximum atomic E-state index is 12.9. The lowest BCUT2D eigenvalue weighted by atomic mass is 10.1. The van der Waals surface area contributed by atoms with E-state index >= 15 is 0 Å². The number of nitrogens with one attached hydrogen (secondary N) is 1. The number of nitrogens with zero attached hydrogens (tertiary/aromatic N) is 1. The van der Waals surface area contributed by atoms with Crippen LogP contribution in [0.5, 0.6) is 5.75 Å². The molecule has 23 heavy (non-hydrogen) atoms. The second-order valence-electron chi connectivity index (χ2n) is 5.23. The Balaban J connectivity index is 1.70.